The minimum atomic E-state index is -0.151. The lowest BCUT2D eigenvalue weighted by Crippen LogP contribution is -2.25. The van der Waals surface area contributed by atoms with Crippen molar-refractivity contribution in [2.75, 3.05) is 13.7 Å². The number of ether oxygens (including phenoxy) is 1. The second-order valence-corrected chi connectivity index (χ2v) is 7.34. The highest BCUT2D eigenvalue weighted by Gasteiger charge is 2.22. The van der Waals surface area contributed by atoms with Gasteiger partial charge in [0.05, 0.1) is 29.3 Å². The molecule has 0 aliphatic heterocycles. The molecule has 0 fully saturated rings. The smallest absolute Gasteiger partial charge is 0.254 e. The van der Waals surface area contributed by atoms with E-state index in [1.165, 1.54) is 6.33 Å². The summed E-state index contributed by atoms with van der Waals surface area (Å²) in [6.07, 6.45) is 7.68. The molecule has 5 rings (SSSR count). The third-order valence-corrected chi connectivity index (χ3v) is 5.46. The lowest BCUT2D eigenvalue weighted by atomic mass is 10.0. The lowest BCUT2D eigenvalue weighted by Gasteiger charge is -2.08. The summed E-state index contributed by atoms with van der Waals surface area (Å²) in [6.45, 7) is 0.514. The van der Waals surface area contributed by atoms with Gasteiger partial charge in [-0.1, -0.05) is 6.07 Å². The van der Waals surface area contributed by atoms with E-state index in [9.17, 15) is 4.79 Å². The summed E-state index contributed by atoms with van der Waals surface area (Å²) in [5, 5.41) is 3.79. The third-order valence-electron chi connectivity index (χ3n) is 5.46. The Balaban J connectivity index is 1.59. The molecule has 158 valence electrons. The number of hydrogen-bond acceptors (Lipinski definition) is 5. The molecule has 0 atom stereocenters. The molecule has 1 aromatic carbocycles. The summed E-state index contributed by atoms with van der Waals surface area (Å²) in [5.41, 5.74) is 4.77. The largest absolute Gasteiger partial charge is 0.497 e. The van der Waals surface area contributed by atoms with E-state index in [1.807, 2.05) is 65.2 Å². The normalized spacial score (nSPS) is 11.0. The van der Waals surface area contributed by atoms with Crippen LogP contribution in [0.25, 0.3) is 27.8 Å². The average molecular weight is 423 g/mol. The molecule has 0 aliphatic carbocycles. The number of carbonyl (C=O) groups is 1. The lowest BCUT2D eigenvalue weighted by molar-refractivity contribution is 0.0957. The van der Waals surface area contributed by atoms with E-state index in [0.29, 0.717) is 23.4 Å². The number of hydrogen-bond donors (Lipinski definition) is 1. The van der Waals surface area contributed by atoms with Crippen molar-refractivity contribution in [2.45, 2.75) is 6.42 Å². The van der Waals surface area contributed by atoms with Crippen LogP contribution in [0.3, 0.4) is 0 Å². The van der Waals surface area contributed by atoms with Crippen LogP contribution in [0.15, 0.2) is 79.5 Å². The van der Waals surface area contributed by atoms with Crippen molar-refractivity contribution in [2.24, 2.45) is 0 Å². The maximum absolute atomic E-state index is 13.4. The van der Waals surface area contributed by atoms with Crippen LogP contribution in [0.1, 0.15) is 15.9 Å². The SMILES string of the molecule is COc1ccc(-c2ncnc3c2c(C(=O)NCCc2ccncc2)c2ccccn23)cc1. The Labute approximate surface area is 184 Å². The molecule has 0 saturated carbocycles. The molecule has 1 N–H and O–H groups in total. The molecular formula is C25H21N5O2. The van der Waals surface area contributed by atoms with Gasteiger partial charge in [0.15, 0.2) is 0 Å². The molecule has 7 heteroatoms. The second-order valence-electron chi connectivity index (χ2n) is 7.34. The van der Waals surface area contributed by atoms with Crippen molar-refractivity contribution in [1.29, 1.82) is 0 Å². The maximum Gasteiger partial charge on any atom is 0.254 e. The fraction of sp³-hybridized carbons (Fsp3) is 0.120. The molecule has 0 saturated heterocycles. The van der Waals surface area contributed by atoms with Gasteiger partial charge in [0.25, 0.3) is 5.91 Å². The van der Waals surface area contributed by atoms with Crippen LogP contribution in [-0.4, -0.2) is 38.9 Å². The first-order valence-corrected chi connectivity index (χ1v) is 10.3. The maximum atomic E-state index is 13.4. The Kier molecular flexibility index (Phi) is 5.21. The van der Waals surface area contributed by atoms with Crippen molar-refractivity contribution < 1.29 is 9.53 Å². The van der Waals surface area contributed by atoms with Crippen LogP contribution >= 0.6 is 0 Å². The first-order chi connectivity index (χ1) is 15.8. The zero-order valence-electron chi connectivity index (χ0n) is 17.5. The summed E-state index contributed by atoms with van der Waals surface area (Å²) >= 11 is 0. The van der Waals surface area contributed by atoms with Crippen molar-refractivity contribution in [3.8, 4) is 17.0 Å². The van der Waals surface area contributed by atoms with E-state index in [1.54, 1.807) is 19.5 Å². The van der Waals surface area contributed by atoms with Crippen molar-refractivity contribution in [3.05, 3.63) is 90.6 Å². The molecule has 5 aromatic rings. The molecule has 0 radical (unpaired) electrons. The van der Waals surface area contributed by atoms with Gasteiger partial charge in [-0.05, 0) is 60.5 Å². The highest BCUT2D eigenvalue weighted by molar-refractivity contribution is 6.16. The van der Waals surface area contributed by atoms with Crippen molar-refractivity contribution in [3.63, 3.8) is 0 Å². The van der Waals surface area contributed by atoms with Crippen LogP contribution in [0.2, 0.25) is 0 Å². The van der Waals surface area contributed by atoms with Gasteiger partial charge in [0.1, 0.15) is 17.7 Å². The summed E-state index contributed by atoms with van der Waals surface area (Å²) in [5.74, 6) is 0.609. The number of aromatic nitrogens is 4. The average Bonchev–Trinajstić information content (AvgIpc) is 3.19. The zero-order valence-corrected chi connectivity index (χ0v) is 17.5. The van der Waals surface area contributed by atoms with E-state index in [-0.39, 0.29) is 5.91 Å². The summed E-state index contributed by atoms with van der Waals surface area (Å²) in [7, 11) is 1.63. The Hall–Kier alpha value is -4.26. The van der Waals surface area contributed by atoms with Crippen LogP contribution in [0.4, 0.5) is 0 Å². The van der Waals surface area contributed by atoms with Crippen LogP contribution in [0.5, 0.6) is 5.75 Å². The fourth-order valence-electron chi connectivity index (χ4n) is 3.90. The molecule has 4 aromatic heterocycles. The van der Waals surface area contributed by atoms with Gasteiger partial charge in [-0.3, -0.25) is 9.78 Å². The van der Waals surface area contributed by atoms with Crippen molar-refractivity contribution >= 4 is 22.5 Å². The Morgan fingerprint density at radius 3 is 2.62 bits per heavy atom. The number of carbonyl (C=O) groups excluding carboxylic acids is 1. The number of nitrogens with one attached hydrogen (secondary N) is 1. The van der Waals surface area contributed by atoms with Crippen LogP contribution < -0.4 is 10.1 Å². The first kappa shape index (κ1) is 19.7. The Morgan fingerprint density at radius 1 is 1.03 bits per heavy atom. The summed E-state index contributed by atoms with van der Waals surface area (Å²) < 4.78 is 7.21. The number of fused-ring (bicyclic) bond motifs is 3. The number of nitrogens with zero attached hydrogens (tertiary/aromatic N) is 4. The fourth-order valence-corrected chi connectivity index (χ4v) is 3.90. The zero-order chi connectivity index (χ0) is 21.9. The number of methoxy groups -OCH3 is 1. The minimum absolute atomic E-state index is 0.151. The minimum Gasteiger partial charge on any atom is -0.497 e. The number of rotatable bonds is 6. The molecule has 0 unspecified atom stereocenters. The van der Waals surface area contributed by atoms with E-state index in [0.717, 1.165) is 34.2 Å². The van der Waals surface area contributed by atoms with Gasteiger partial charge >= 0.3 is 0 Å². The van der Waals surface area contributed by atoms with E-state index < -0.39 is 0 Å². The Morgan fingerprint density at radius 2 is 1.84 bits per heavy atom. The molecule has 4 heterocycles. The topological polar surface area (TPSA) is 81.4 Å². The standard InChI is InChI=1S/C25H21N5O2/c1-32-19-7-5-18(6-8-19)23-22-21(25(31)27-14-11-17-9-12-26-13-10-17)20-4-2-3-15-30(20)24(22)29-16-28-23/h2-10,12-13,15-16H,11,14H2,1H3,(H,27,31). The van der Waals surface area contributed by atoms with E-state index in [2.05, 4.69) is 20.3 Å². The van der Waals surface area contributed by atoms with Crippen LogP contribution in [0, 0.1) is 0 Å². The molecule has 0 bridgehead atoms. The monoisotopic (exact) mass is 423 g/mol. The third kappa shape index (κ3) is 3.54. The quantitative estimate of drug-likeness (QED) is 0.448. The van der Waals surface area contributed by atoms with Gasteiger partial charge in [0, 0.05) is 30.7 Å². The van der Waals surface area contributed by atoms with Gasteiger partial charge < -0.3 is 14.5 Å². The highest BCUT2D eigenvalue weighted by atomic mass is 16.5. The van der Waals surface area contributed by atoms with Crippen LogP contribution in [-0.2, 0) is 6.42 Å². The summed E-state index contributed by atoms with van der Waals surface area (Å²) in [6, 6.07) is 17.3. The predicted octanol–water partition coefficient (Wildman–Crippen LogP) is 3.93. The predicted molar refractivity (Wildman–Crippen MR) is 123 cm³/mol. The molecular weight excluding hydrogens is 402 g/mol. The van der Waals surface area contributed by atoms with E-state index >= 15 is 0 Å². The van der Waals surface area contributed by atoms with Gasteiger partial charge in [-0.2, -0.15) is 0 Å². The number of benzene rings is 1. The second kappa shape index (κ2) is 8.47. The highest BCUT2D eigenvalue weighted by Crippen LogP contribution is 2.33. The molecule has 1 amide bonds. The van der Waals surface area contributed by atoms with Gasteiger partial charge in [-0.15, -0.1) is 0 Å². The Bertz CT molecular complexity index is 1400. The molecule has 7 nitrogen and oxygen atoms in total. The van der Waals surface area contributed by atoms with Gasteiger partial charge in [-0.25, -0.2) is 9.97 Å². The molecule has 32 heavy (non-hydrogen) atoms. The van der Waals surface area contributed by atoms with Crippen molar-refractivity contribution in [1.82, 2.24) is 24.7 Å². The number of amides is 1. The van der Waals surface area contributed by atoms with Gasteiger partial charge in [0.2, 0.25) is 0 Å². The number of pyridine rings is 2. The molecule has 0 spiro atoms. The first-order valence-electron chi connectivity index (χ1n) is 10.3. The van der Waals surface area contributed by atoms with E-state index in [4.69, 9.17) is 4.74 Å². The molecule has 0 aliphatic rings. The summed E-state index contributed by atoms with van der Waals surface area (Å²) in [4.78, 5) is 26.5.